The molecule has 3 aromatic rings. The first-order chi connectivity index (χ1) is 11.7. The molecule has 4 rings (SSSR count). The third kappa shape index (κ3) is 2.59. The summed E-state index contributed by atoms with van der Waals surface area (Å²) in [6.45, 7) is 1.61. The number of pyridine rings is 1. The highest BCUT2D eigenvalue weighted by molar-refractivity contribution is 5.81. The Morgan fingerprint density at radius 2 is 2.12 bits per heavy atom. The van der Waals surface area contributed by atoms with Gasteiger partial charge in [0.1, 0.15) is 17.0 Å². The summed E-state index contributed by atoms with van der Waals surface area (Å²) in [6, 6.07) is 8.81. The standard InChI is InChI=1S/C19H20FN3O/c1-24-13-19(8-3-9-19)12-23-11-10-21-18(23)16-7-6-14-4-2-5-15(20)17(14)22-16/h2,4-7,10-11H,3,8-9,12-13H2,1H3. The van der Waals surface area contributed by atoms with Crippen LogP contribution in [0.4, 0.5) is 4.39 Å². The fourth-order valence-corrected chi connectivity index (χ4v) is 3.60. The lowest BCUT2D eigenvalue weighted by Gasteiger charge is -2.41. The smallest absolute Gasteiger partial charge is 0.158 e. The zero-order valence-corrected chi connectivity index (χ0v) is 13.7. The molecule has 0 aliphatic heterocycles. The Balaban J connectivity index is 1.71. The number of halogens is 1. The normalized spacial score (nSPS) is 16.2. The summed E-state index contributed by atoms with van der Waals surface area (Å²) >= 11 is 0. The third-order valence-corrected chi connectivity index (χ3v) is 4.99. The van der Waals surface area contributed by atoms with Crippen molar-refractivity contribution in [1.29, 1.82) is 0 Å². The number of para-hydroxylation sites is 1. The van der Waals surface area contributed by atoms with E-state index < -0.39 is 0 Å². The number of ether oxygens (including phenoxy) is 1. The van der Waals surface area contributed by atoms with Crippen LogP contribution in [0.15, 0.2) is 42.7 Å². The van der Waals surface area contributed by atoms with E-state index in [1.165, 1.54) is 12.5 Å². The second-order valence-corrected chi connectivity index (χ2v) is 6.67. The van der Waals surface area contributed by atoms with Crippen molar-refractivity contribution in [2.75, 3.05) is 13.7 Å². The van der Waals surface area contributed by atoms with Crippen LogP contribution in [-0.4, -0.2) is 28.3 Å². The Hall–Kier alpha value is -2.27. The molecule has 0 unspecified atom stereocenters. The molecule has 0 bridgehead atoms. The topological polar surface area (TPSA) is 39.9 Å². The Morgan fingerprint density at radius 3 is 2.88 bits per heavy atom. The van der Waals surface area contributed by atoms with Gasteiger partial charge >= 0.3 is 0 Å². The number of fused-ring (bicyclic) bond motifs is 1. The Labute approximate surface area is 140 Å². The van der Waals surface area contributed by atoms with E-state index in [2.05, 4.69) is 14.5 Å². The number of hydrogen-bond acceptors (Lipinski definition) is 3. The van der Waals surface area contributed by atoms with E-state index in [1.54, 1.807) is 19.4 Å². The maximum atomic E-state index is 14.0. The molecule has 4 nitrogen and oxygen atoms in total. The van der Waals surface area contributed by atoms with Gasteiger partial charge in [0.2, 0.25) is 0 Å². The summed E-state index contributed by atoms with van der Waals surface area (Å²) in [5.41, 5.74) is 1.27. The molecule has 2 heterocycles. The molecule has 0 radical (unpaired) electrons. The molecular formula is C19H20FN3O. The van der Waals surface area contributed by atoms with Crippen LogP contribution in [0.1, 0.15) is 19.3 Å². The van der Waals surface area contributed by atoms with E-state index in [4.69, 9.17) is 4.74 Å². The van der Waals surface area contributed by atoms with Crippen LogP contribution in [0.2, 0.25) is 0 Å². The van der Waals surface area contributed by atoms with Crippen molar-refractivity contribution in [3.63, 3.8) is 0 Å². The molecule has 1 fully saturated rings. The van der Waals surface area contributed by atoms with E-state index in [-0.39, 0.29) is 11.2 Å². The van der Waals surface area contributed by atoms with E-state index in [1.807, 2.05) is 24.4 Å². The number of nitrogens with zero attached hydrogens (tertiary/aromatic N) is 3. The maximum Gasteiger partial charge on any atom is 0.158 e. The zero-order valence-electron chi connectivity index (χ0n) is 13.7. The summed E-state index contributed by atoms with van der Waals surface area (Å²) in [4.78, 5) is 8.97. The van der Waals surface area contributed by atoms with Crippen molar-refractivity contribution < 1.29 is 9.13 Å². The molecule has 24 heavy (non-hydrogen) atoms. The Kier molecular flexibility index (Phi) is 3.81. The summed E-state index contributed by atoms with van der Waals surface area (Å²) in [5.74, 6) is 0.477. The number of imidazole rings is 1. The minimum Gasteiger partial charge on any atom is -0.384 e. The number of benzene rings is 1. The second kappa shape index (κ2) is 5.98. The van der Waals surface area contributed by atoms with E-state index in [0.717, 1.165) is 37.2 Å². The van der Waals surface area contributed by atoms with Crippen LogP contribution in [-0.2, 0) is 11.3 Å². The lowest BCUT2D eigenvalue weighted by Crippen LogP contribution is -2.38. The van der Waals surface area contributed by atoms with Crippen molar-refractivity contribution in [3.05, 3.63) is 48.5 Å². The van der Waals surface area contributed by atoms with Crippen molar-refractivity contribution in [3.8, 4) is 11.5 Å². The molecule has 1 saturated carbocycles. The average Bonchev–Trinajstić information content (AvgIpc) is 3.01. The van der Waals surface area contributed by atoms with Gasteiger partial charge in [-0.2, -0.15) is 0 Å². The first kappa shape index (κ1) is 15.3. The monoisotopic (exact) mass is 325 g/mol. The molecule has 124 valence electrons. The molecule has 5 heteroatoms. The molecule has 0 saturated heterocycles. The van der Waals surface area contributed by atoms with Gasteiger partial charge < -0.3 is 9.30 Å². The van der Waals surface area contributed by atoms with Gasteiger partial charge in [-0.1, -0.05) is 24.6 Å². The first-order valence-corrected chi connectivity index (χ1v) is 8.27. The van der Waals surface area contributed by atoms with Crippen LogP contribution in [0.25, 0.3) is 22.4 Å². The highest BCUT2D eigenvalue weighted by atomic mass is 19.1. The van der Waals surface area contributed by atoms with Gasteiger partial charge in [0.05, 0.1) is 6.61 Å². The molecule has 0 spiro atoms. The molecule has 2 aromatic heterocycles. The fraction of sp³-hybridized carbons (Fsp3) is 0.368. The third-order valence-electron chi connectivity index (χ3n) is 4.99. The van der Waals surface area contributed by atoms with Gasteiger partial charge in [0, 0.05) is 36.8 Å². The lowest BCUT2D eigenvalue weighted by molar-refractivity contribution is 0.00371. The van der Waals surface area contributed by atoms with Crippen molar-refractivity contribution in [2.45, 2.75) is 25.8 Å². The van der Waals surface area contributed by atoms with E-state index >= 15 is 0 Å². The Morgan fingerprint density at radius 1 is 1.25 bits per heavy atom. The molecule has 0 atom stereocenters. The first-order valence-electron chi connectivity index (χ1n) is 8.27. The summed E-state index contributed by atoms with van der Waals surface area (Å²) < 4.78 is 21.6. The molecule has 0 amide bonds. The maximum absolute atomic E-state index is 14.0. The predicted octanol–water partition coefficient (Wildman–Crippen LogP) is 4.05. The van der Waals surface area contributed by atoms with Gasteiger partial charge in [0.15, 0.2) is 5.82 Å². The van der Waals surface area contributed by atoms with Crippen molar-refractivity contribution >= 4 is 10.9 Å². The van der Waals surface area contributed by atoms with E-state index in [0.29, 0.717) is 11.2 Å². The highest BCUT2D eigenvalue weighted by Gasteiger charge is 2.37. The number of methoxy groups -OCH3 is 1. The largest absolute Gasteiger partial charge is 0.384 e. The molecule has 1 aliphatic carbocycles. The SMILES string of the molecule is COCC1(Cn2ccnc2-c2ccc3cccc(F)c3n2)CCC1. The second-order valence-electron chi connectivity index (χ2n) is 6.67. The Bertz CT molecular complexity index is 870. The average molecular weight is 325 g/mol. The zero-order chi connectivity index (χ0) is 16.6. The molecule has 1 aromatic carbocycles. The molecular weight excluding hydrogens is 305 g/mol. The van der Waals surface area contributed by atoms with Crippen LogP contribution >= 0.6 is 0 Å². The van der Waals surface area contributed by atoms with Gasteiger partial charge in [0.25, 0.3) is 0 Å². The molecule has 1 aliphatic rings. The molecule has 0 N–H and O–H groups in total. The van der Waals surface area contributed by atoms with Crippen molar-refractivity contribution in [2.24, 2.45) is 5.41 Å². The fourth-order valence-electron chi connectivity index (χ4n) is 3.60. The van der Waals surface area contributed by atoms with Crippen LogP contribution in [0.3, 0.4) is 0 Å². The number of aromatic nitrogens is 3. The van der Waals surface area contributed by atoms with Crippen molar-refractivity contribution in [1.82, 2.24) is 14.5 Å². The van der Waals surface area contributed by atoms with Gasteiger partial charge in [-0.05, 0) is 25.0 Å². The minimum absolute atomic E-state index is 0.187. The van der Waals surface area contributed by atoms with Gasteiger partial charge in [-0.15, -0.1) is 0 Å². The summed E-state index contributed by atoms with van der Waals surface area (Å²) in [5, 5.41) is 0.798. The highest BCUT2D eigenvalue weighted by Crippen LogP contribution is 2.43. The minimum atomic E-state index is -0.303. The van der Waals surface area contributed by atoms with E-state index in [9.17, 15) is 4.39 Å². The lowest BCUT2D eigenvalue weighted by atomic mass is 9.69. The quantitative estimate of drug-likeness (QED) is 0.710. The number of hydrogen-bond donors (Lipinski definition) is 0. The van der Waals surface area contributed by atoms with Crippen LogP contribution < -0.4 is 0 Å². The van der Waals surface area contributed by atoms with Crippen LogP contribution in [0, 0.1) is 11.2 Å². The van der Waals surface area contributed by atoms with Gasteiger partial charge in [-0.3, -0.25) is 0 Å². The van der Waals surface area contributed by atoms with Crippen LogP contribution in [0.5, 0.6) is 0 Å². The van der Waals surface area contributed by atoms with Gasteiger partial charge in [-0.25, -0.2) is 14.4 Å². The summed E-state index contributed by atoms with van der Waals surface area (Å²) in [6.07, 6.45) is 7.32. The predicted molar refractivity (Wildman–Crippen MR) is 91.1 cm³/mol. The number of rotatable bonds is 5. The summed E-state index contributed by atoms with van der Waals surface area (Å²) in [7, 11) is 1.75.